The summed E-state index contributed by atoms with van der Waals surface area (Å²) in [5, 5.41) is 56.3. The van der Waals surface area contributed by atoms with Crippen molar-refractivity contribution in [3.8, 4) is 0 Å². The molecule has 6 nitrogen and oxygen atoms in total. The normalized spacial score (nSPS) is 19.5. The van der Waals surface area contributed by atoms with E-state index in [9.17, 15) is 20.4 Å². The van der Waals surface area contributed by atoms with Gasteiger partial charge in [-0.1, -0.05) is 30.3 Å². The molecule has 0 amide bonds. The Labute approximate surface area is 111 Å². The Bertz CT molecular complexity index is 357. The molecule has 1 rings (SSSR count). The van der Waals surface area contributed by atoms with Crippen LogP contribution in [0.25, 0.3) is 0 Å². The van der Waals surface area contributed by atoms with E-state index in [1.54, 1.807) is 24.3 Å². The molecule has 0 saturated carbocycles. The third-order valence-corrected chi connectivity index (χ3v) is 2.96. The monoisotopic (exact) mass is 272 g/mol. The van der Waals surface area contributed by atoms with Crippen molar-refractivity contribution < 1.29 is 30.6 Å². The highest BCUT2D eigenvalue weighted by atomic mass is 16.4. The largest absolute Gasteiger partial charge is 0.394 e. The predicted octanol–water partition coefficient (Wildman–Crippen LogP) is -1.97. The molecule has 0 aromatic heterocycles. The summed E-state index contributed by atoms with van der Waals surface area (Å²) < 4.78 is 0. The molecular formula is C13H20O6. The minimum absolute atomic E-state index is 0.0982. The predicted molar refractivity (Wildman–Crippen MR) is 67.3 cm³/mol. The van der Waals surface area contributed by atoms with Gasteiger partial charge in [0.1, 0.15) is 24.4 Å². The van der Waals surface area contributed by atoms with Crippen LogP contribution in [0.15, 0.2) is 30.3 Å². The van der Waals surface area contributed by atoms with Gasteiger partial charge in [0.15, 0.2) is 0 Å². The molecule has 0 aliphatic rings. The van der Waals surface area contributed by atoms with Gasteiger partial charge in [-0.2, -0.15) is 0 Å². The van der Waals surface area contributed by atoms with E-state index in [4.69, 9.17) is 10.2 Å². The van der Waals surface area contributed by atoms with E-state index < -0.39 is 37.1 Å². The molecule has 0 heterocycles. The molecule has 6 heteroatoms. The summed E-state index contributed by atoms with van der Waals surface area (Å²) in [6, 6.07) is 8.86. The van der Waals surface area contributed by atoms with E-state index >= 15 is 0 Å². The number of aliphatic hydroxyl groups is 6. The van der Waals surface area contributed by atoms with Crippen molar-refractivity contribution in [2.24, 2.45) is 0 Å². The fourth-order valence-electron chi connectivity index (χ4n) is 1.74. The average molecular weight is 272 g/mol. The lowest BCUT2D eigenvalue weighted by Crippen LogP contribution is -2.50. The maximum absolute atomic E-state index is 9.78. The Morgan fingerprint density at radius 2 is 1.26 bits per heavy atom. The highest BCUT2D eigenvalue weighted by Gasteiger charge is 2.33. The Hall–Kier alpha value is -1.02. The molecule has 19 heavy (non-hydrogen) atoms. The lowest BCUT2D eigenvalue weighted by Gasteiger charge is -2.28. The van der Waals surface area contributed by atoms with Crippen LogP contribution in [0.2, 0.25) is 0 Å². The molecule has 5 atom stereocenters. The molecule has 0 aliphatic carbocycles. The van der Waals surface area contributed by atoms with Gasteiger partial charge >= 0.3 is 0 Å². The molecule has 0 fully saturated rings. The summed E-state index contributed by atoms with van der Waals surface area (Å²) in [6.07, 6.45) is -7.88. The van der Waals surface area contributed by atoms with Gasteiger partial charge in [-0.05, 0) is 5.56 Å². The molecule has 0 aliphatic heterocycles. The summed E-state index contributed by atoms with van der Waals surface area (Å²) in [5.74, 6) is 0. The highest BCUT2D eigenvalue weighted by molar-refractivity contribution is 5.15. The van der Waals surface area contributed by atoms with E-state index in [0.29, 0.717) is 0 Å². The maximum atomic E-state index is 9.78. The second-order valence-corrected chi connectivity index (χ2v) is 4.48. The molecule has 0 bridgehead atoms. The zero-order valence-corrected chi connectivity index (χ0v) is 10.4. The van der Waals surface area contributed by atoms with Gasteiger partial charge < -0.3 is 30.6 Å². The average Bonchev–Trinajstić information content (AvgIpc) is 2.44. The first-order valence-corrected chi connectivity index (χ1v) is 6.02. The van der Waals surface area contributed by atoms with Crippen LogP contribution >= 0.6 is 0 Å². The standard InChI is InChI=1S/C13H20O6/c14-7-10(16)12(18)13(19)11(17)9(15)6-8-4-2-1-3-5-8/h1-5,9-19H,6-7H2. The second kappa shape index (κ2) is 7.54. The van der Waals surface area contributed by atoms with Crippen LogP contribution in [0.5, 0.6) is 0 Å². The Morgan fingerprint density at radius 1 is 0.737 bits per heavy atom. The molecule has 0 saturated heterocycles. The summed E-state index contributed by atoms with van der Waals surface area (Å²) in [4.78, 5) is 0. The van der Waals surface area contributed by atoms with Gasteiger partial charge in [-0.15, -0.1) is 0 Å². The van der Waals surface area contributed by atoms with Crippen molar-refractivity contribution in [3.05, 3.63) is 35.9 Å². The topological polar surface area (TPSA) is 121 Å². The van der Waals surface area contributed by atoms with Crippen LogP contribution in [-0.2, 0) is 6.42 Å². The lowest BCUT2D eigenvalue weighted by atomic mass is 9.95. The first kappa shape index (κ1) is 16.0. The number of benzene rings is 1. The van der Waals surface area contributed by atoms with Gasteiger partial charge in [-0.3, -0.25) is 0 Å². The molecule has 1 aromatic carbocycles. The Morgan fingerprint density at radius 3 is 1.79 bits per heavy atom. The van der Waals surface area contributed by atoms with Gasteiger partial charge in [-0.25, -0.2) is 0 Å². The first-order chi connectivity index (χ1) is 8.97. The van der Waals surface area contributed by atoms with E-state index in [1.807, 2.05) is 6.07 Å². The van der Waals surface area contributed by atoms with Crippen LogP contribution in [-0.4, -0.2) is 67.8 Å². The summed E-state index contributed by atoms with van der Waals surface area (Å²) in [5.41, 5.74) is 0.762. The zero-order valence-electron chi connectivity index (χ0n) is 10.4. The third kappa shape index (κ3) is 4.54. The molecule has 108 valence electrons. The minimum Gasteiger partial charge on any atom is -0.394 e. The summed E-state index contributed by atoms with van der Waals surface area (Å²) in [7, 11) is 0. The zero-order chi connectivity index (χ0) is 14.4. The molecular weight excluding hydrogens is 252 g/mol. The van der Waals surface area contributed by atoms with E-state index in [-0.39, 0.29) is 6.42 Å². The quantitative estimate of drug-likeness (QED) is 0.342. The second-order valence-electron chi connectivity index (χ2n) is 4.48. The Kier molecular flexibility index (Phi) is 6.36. The van der Waals surface area contributed by atoms with Crippen LogP contribution in [0.4, 0.5) is 0 Å². The Balaban J connectivity index is 2.58. The fraction of sp³-hybridized carbons (Fsp3) is 0.538. The highest BCUT2D eigenvalue weighted by Crippen LogP contribution is 2.12. The number of hydrogen-bond donors (Lipinski definition) is 6. The number of rotatable bonds is 7. The fourth-order valence-corrected chi connectivity index (χ4v) is 1.74. The molecule has 6 N–H and O–H groups in total. The van der Waals surface area contributed by atoms with Crippen molar-refractivity contribution >= 4 is 0 Å². The molecule has 0 radical (unpaired) electrons. The molecule has 5 unspecified atom stereocenters. The van der Waals surface area contributed by atoms with Crippen molar-refractivity contribution in [3.63, 3.8) is 0 Å². The summed E-state index contributed by atoms with van der Waals surface area (Å²) in [6.45, 7) is -0.750. The SMILES string of the molecule is OCC(O)C(O)C(O)C(O)C(O)Cc1ccccc1. The smallest absolute Gasteiger partial charge is 0.111 e. The van der Waals surface area contributed by atoms with Crippen molar-refractivity contribution in [1.29, 1.82) is 0 Å². The van der Waals surface area contributed by atoms with Gasteiger partial charge in [0.05, 0.1) is 12.7 Å². The van der Waals surface area contributed by atoms with Crippen molar-refractivity contribution in [1.82, 2.24) is 0 Å². The minimum atomic E-state index is -1.75. The number of hydrogen-bond acceptors (Lipinski definition) is 6. The van der Waals surface area contributed by atoms with E-state index in [0.717, 1.165) is 5.56 Å². The van der Waals surface area contributed by atoms with Gasteiger partial charge in [0.25, 0.3) is 0 Å². The number of aliphatic hydroxyl groups excluding tert-OH is 6. The van der Waals surface area contributed by atoms with Gasteiger partial charge in [0.2, 0.25) is 0 Å². The third-order valence-electron chi connectivity index (χ3n) is 2.96. The van der Waals surface area contributed by atoms with Crippen LogP contribution < -0.4 is 0 Å². The molecule has 1 aromatic rings. The first-order valence-electron chi connectivity index (χ1n) is 6.02. The van der Waals surface area contributed by atoms with E-state index in [1.165, 1.54) is 0 Å². The van der Waals surface area contributed by atoms with Crippen LogP contribution in [0, 0.1) is 0 Å². The van der Waals surface area contributed by atoms with Crippen LogP contribution in [0.1, 0.15) is 5.56 Å². The lowest BCUT2D eigenvalue weighted by molar-refractivity contribution is -0.139. The summed E-state index contributed by atoms with van der Waals surface area (Å²) >= 11 is 0. The maximum Gasteiger partial charge on any atom is 0.111 e. The molecule has 0 spiro atoms. The van der Waals surface area contributed by atoms with Crippen molar-refractivity contribution in [2.75, 3.05) is 6.61 Å². The van der Waals surface area contributed by atoms with Crippen molar-refractivity contribution in [2.45, 2.75) is 36.9 Å². The van der Waals surface area contributed by atoms with Gasteiger partial charge in [0, 0.05) is 6.42 Å². The van der Waals surface area contributed by atoms with E-state index in [2.05, 4.69) is 0 Å². The van der Waals surface area contributed by atoms with Crippen LogP contribution in [0.3, 0.4) is 0 Å².